The molecule has 0 unspecified atom stereocenters. The SMILES string of the molecule is CCOC(=O)Nc1nnc(CSCCOc2ccc(OC)cc2)s1. The molecule has 1 N–H and O–H groups in total. The number of nitrogens with zero attached hydrogens (tertiary/aromatic N) is 2. The van der Waals surface area contributed by atoms with Crippen LogP contribution in [0, 0.1) is 0 Å². The number of hydrogen-bond acceptors (Lipinski definition) is 8. The molecule has 0 saturated carbocycles. The molecule has 7 nitrogen and oxygen atoms in total. The van der Waals surface area contributed by atoms with Crippen LogP contribution in [0.25, 0.3) is 0 Å². The summed E-state index contributed by atoms with van der Waals surface area (Å²) in [5, 5.41) is 11.8. The van der Waals surface area contributed by atoms with Crippen LogP contribution in [-0.4, -0.2) is 42.4 Å². The molecule has 0 aliphatic heterocycles. The van der Waals surface area contributed by atoms with Crippen LogP contribution < -0.4 is 14.8 Å². The molecular formula is C15H19N3O4S2. The molecule has 24 heavy (non-hydrogen) atoms. The molecule has 2 rings (SSSR count). The molecule has 1 aromatic carbocycles. The van der Waals surface area contributed by atoms with E-state index in [4.69, 9.17) is 14.2 Å². The van der Waals surface area contributed by atoms with E-state index in [0.717, 1.165) is 22.3 Å². The first-order valence-electron chi connectivity index (χ1n) is 7.32. The highest BCUT2D eigenvalue weighted by atomic mass is 32.2. The Labute approximate surface area is 148 Å². The van der Waals surface area contributed by atoms with E-state index in [1.54, 1.807) is 25.8 Å². The standard InChI is InChI=1S/C15H19N3O4S2/c1-3-21-15(19)16-14-18-17-13(24-14)10-23-9-8-22-12-6-4-11(20-2)5-7-12/h4-7H,3,8-10H2,1-2H3,(H,16,18,19). The third-order valence-corrected chi connectivity index (χ3v) is 4.69. The molecule has 1 amide bonds. The maximum atomic E-state index is 11.3. The van der Waals surface area contributed by atoms with Gasteiger partial charge in [-0.15, -0.1) is 10.2 Å². The number of thioether (sulfide) groups is 1. The minimum absolute atomic E-state index is 0.321. The lowest BCUT2D eigenvalue weighted by Gasteiger charge is -2.06. The van der Waals surface area contributed by atoms with Gasteiger partial charge in [0.05, 0.1) is 20.3 Å². The number of amides is 1. The minimum atomic E-state index is -0.513. The van der Waals surface area contributed by atoms with Gasteiger partial charge in [0.1, 0.15) is 16.5 Å². The predicted molar refractivity (Wildman–Crippen MR) is 95.2 cm³/mol. The first-order valence-corrected chi connectivity index (χ1v) is 9.29. The lowest BCUT2D eigenvalue weighted by Crippen LogP contribution is -2.12. The second-order valence-electron chi connectivity index (χ2n) is 4.42. The third-order valence-electron chi connectivity index (χ3n) is 2.73. The molecule has 1 heterocycles. The van der Waals surface area contributed by atoms with Crippen molar-refractivity contribution in [1.29, 1.82) is 0 Å². The third kappa shape index (κ3) is 6.25. The summed E-state index contributed by atoms with van der Waals surface area (Å²) < 4.78 is 15.5. The van der Waals surface area contributed by atoms with Gasteiger partial charge in [0, 0.05) is 11.5 Å². The zero-order valence-electron chi connectivity index (χ0n) is 13.5. The number of benzene rings is 1. The monoisotopic (exact) mass is 369 g/mol. The van der Waals surface area contributed by atoms with Crippen LogP contribution >= 0.6 is 23.1 Å². The molecule has 0 aliphatic carbocycles. The van der Waals surface area contributed by atoms with E-state index in [2.05, 4.69) is 15.5 Å². The molecule has 0 radical (unpaired) electrons. The summed E-state index contributed by atoms with van der Waals surface area (Å²) in [5.74, 6) is 3.16. The van der Waals surface area contributed by atoms with Gasteiger partial charge in [-0.25, -0.2) is 4.79 Å². The Balaban J connectivity index is 1.63. The molecule has 0 saturated heterocycles. The zero-order chi connectivity index (χ0) is 17.2. The number of carbonyl (C=O) groups is 1. The van der Waals surface area contributed by atoms with E-state index in [9.17, 15) is 4.79 Å². The number of ether oxygens (including phenoxy) is 3. The maximum Gasteiger partial charge on any atom is 0.413 e. The van der Waals surface area contributed by atoms with Gasteiger partial charge < -0.3 is 14.2 Å². The Bertz CT molecular complexity index is 634. The van der Waals surface area contributed by atoms with Gasteiger partial charge in [-0.3, -0.25) is 5.32 Å². The number of aromatic nitrogens is 2. The van der Waals surface area contributed by atoms with Crippen LogP contribution in [0.5, 0.6) is 11.5 Å². The van der Waals surface area contributed by atoms with Crippen LogP contribution in [0.1, 0.15) is 11.9 Å². The van der Waals surface area contributed by atoms with Crippen LogP contribution in [0.3, 0.4) is 0 Å². The van der Waals surface area contributed by atoms with Crippen molar-refractivity contribution in [1.82, 2.24) is 10.2 Å². The first kappa shape index (κ1) is 18.3. The number of rotatable bonds is 9. The quantitative estimate of drug-likeness (QED) is 0.678. The van der Waals surface area contributed by atoms with Crippen molar-refractivity contribution in [2.45, 2.75) is 12.7 Å². The van der Waals surface area contributed by atoms with E-state index >= 15 is 0 Å². The summed E-state index contributed by atoms with van der Waals surface area (Å²) in [4.78, 5) is 11.3. The number of nitrogens with one attached hydrogen (secondary N) is 1. The lowest BCUT2D eigenvalue weighted by molar-refractivity contribution is 0.168. The van der Waals surface area contributed by atoms with E-state index in [1.165, 1.54) is 11.3 Å². The summed E-state index contributed by atoms with van der Waals surface area (Å²) >= 11 is 3.03. The average molecular weight is 369 g/mol. The van der Waals surface area contributed by atoms with E-state index < -0.39 is 6.09 Å². The van der Waals surface area contributed by atoms with Crippen LogP contribution in [0.2, 0.25) is 0 Å². The Morgan fingerprint density at radius 1 is 1.25 bits per heavy atom. The average Bonchev–Trinajstić information content (AvgIpc) is 3.02. The van der Waals surface area contributed by atoms with Gasteiger partial charge in [-0.2, -0.15) is 11.8 Å². The number of methoxy groups -OCH3 is 1. The summed E-state index contributed by atoms with van der Waals surface area (Å²) in [6.07, 6.45) is -0.513. The highest BCUT2D eigenvalue weighted by Crippen LogP contribution is 2.21. The minimum Gasteiger partial charge on any atom is -0.497 e. The van der Waals surface area contributed by atoms with Crippen molar-refractivity contribution in [3.05, 3.63) is 29.3 Å². The molecule has 0 spiro atoms. The fraction of sp³-hybridized carbons (Fsp3) is 0.400. The Morgan fingerprint density at radius 2 is 2.00 bits per heavy atom. The Kier molecular flexibility index (Phi) is 7.63. The summed E-state index contributed by atoms with van der Waals surface area (Å²) in [6, 6.07) is 7.48. The molecular weight excluding hydrogens is 350 g/mol. The molecule has 0 fully saturated rings. The number of carbonyl (C=O) groups excluding carboxylic acids is 1. The van der Waals surface area contributed by atoms with Crippen LogP contribution in [-0.2, 0) is 10.5 Å². The summed E-state index contributed by atoms with van der Waals surface area (Å²) in [6.45, 7) is 2.67. The number of hydrogen-bond donors (Lipinski definition) is 1. The predicted octanol–water partition coefficient (Wildman–Crippen LogP) is 3.43. The molecule has 9 heteroatoms. The molecule has 0 atom stereocenters. The zero-order valence-corrected chi connectivity index (χ0v) is 15.1. The second kappa shape index (κ2) is 9.99. The van der Waals surface area contributed by atoms with Gasteiger partial charge in [-0.1, -0.05) is 11.3 Å². The van der Waals surface area contributed by atoms with Gasteiger partial charge in [0.25, 0.3) is 0 Å². The molecule has 2 aromatic rings. The largest absolute Gasteiger partial charge is 0.497 e. The van der Waals surface area contributed by atoms with Gasteiger partial charge >= 0.3 is 6.09 Å². The second-order valence-corrected chi connectivity index (χ2v) is 6.59. The Hall–Kier alpha value is -2.00. The van der Waals surface area contributed by atoms with Crippen LogP contribution in [0.15, 0.2) is 24.3 Å². The van der Waals surface area contributed by atoms with Crippen molar-refractivity contribution in [3.63, 3.8) is 0 Å². The fourth-order valence-corrected chi connectivity index (χ4v) is 3.25. The van der Waals surface area contributed by atoms with Gasteiger partial charge in [0.15, 0.2) is 0 Å². The highest BCUT2D eigenvalue weighted by Gasteiger charge is 2.08. The fourth-order valence-electron chi connectivity index (χ4n) is 1.67. The van der Waals surface area contributed by atoms with Gasteiger partial charge in [0.2, 0.25) is 5.13 Å². The highest BCUT2D eigenvalue weighted by molar-refractivity contribution is 7.98. The van der Waals surface area contributed by atoms with Crippen molar-refractivity contribution in [2.24, 2.45) is 0 Å². The smallest absolute Gasteiger partial charge is 0.413 e. The maximum absolute atomic E-state index is 11.3. The summed E-state index contributed by atoms with van der Waals surface area (Å²) in [5.41, 5.74) is 0. The molecule has 130 valence electrons. The summed E-state index contributed by atoms with van der Waals surface area (Å²) in [7, 11) is 1.63. The van der Waals surface area contributed by atoms with Crippen LogP contribution in [0.4, 0.5) is 9.93 Å². The molecule has 1 aromatic heterocycles. The Morgan fingerprint density at radius 3 is 2.71 bits per heavy atom. The van der Waals surface area contributed by atoms with E-state index in [0.29, 0.717) is 24.1 Å². The molecule has 0 bridgehead atoms. The normalized spacial score (nSPS) is 10.2. The molecule has 0 aliphatic rings. The van der Waals surface area contributed by atoms with Crippen molar-refractivity contribution in [3.8, 4) is 11.5 Å². The van der Waals surface area contributed by atoms with Crippen molar-refractivity contribution in [2.75, 3.05) is 31.4 Å². The number of anilines is 1. The van der Waals surface area contributed by atoms with E-state index in [1.807, 2.05) is 24.3 Å². The van der Waals surface area contributed by atoms with Gasteiger partial charge in [-0.05, 0) is 31.2 Å². The van der Waals surface area contributed by atoms with E-state index in [-0.39, 0.29) is 0 Å². The van der Waals surface area contributed by atoms with Crippen molar-refractivity contribution >= 4 is 34.3 Å². The first-order chi connectivity index (χ1) is 11.7. The van der Waals surface area contributed by atoms with Crippen molar-refractivity contribution < 1.29 is 19.0 Å². The lowest BCUT2D eigenvalue weighted by atomic mass is 10.3. The topological polar surface area (TPSA) is 82.6 Å².